The number of aromatic nitrogens is 3. The molecule has 1 saturated heterocycles. The van der Waals surface area contributed by atoms with Gasteiger partial charge in [-0.05, 0) is 31.2 Å². The molecule has 0 radical (unpaired) electrons. The first-order valence-corrected chi connectivity index (χ1v) is 8.24. The van der Waals surface area contributed by atoms with E-state index in [0.29, 0.717) is 11.9 Å². The van der Waals surface area contributed by atoms with Crippen LogP contribution in [-0.2, 0) is 6.54 Å². The minimum Gasteiger partial charge on any atom is -0.354 e. The monoisotopic (exact) mass is 304 g/mol. The fourth-order valence-corrected chi connectivity index (χ4v) is 2.96. The van der Waals surface area contributed by atoms with Crippen LogP contribution in [0.3, 0.4) is 0 Å². The normalized spacial score (nSPS) is 14.4. The number of nitrogens with zero attached hydrogens (tertiary/aromatic N) is 4. The summed E-state index contributed by atoms with van der Waals surface area (Å²) in [5.74, 6) is 2.05. The highest BCUT2D eigenvalue weighted by molar-refractivity contribution is 7.09. The van der Waals surface area contributed by atoms with Crippen molar-refractivity contribution in [3.63, 3.8) is 0 Å². The second kappa shape index (κ2) is 6.71. The molecule has 0 atom stereocenters. The van der Waals surface area contributed by atoms with Crippen LogP contribution in [-0.4, -0.2) is 34.6 Å². The highest BCUT2D eigenvalue weighted by atomic mass is 32.1. The van der Waals surface area contributed by atoms with E-state index in [1.165, 1.54) is 17.7 Å². The lowest BCUT2D eigenvalue weighted by molar-refractivity contribution is 0.875. The third kappa shape index (κ3) is 3.60. The third-order valence-electron chi connectivity index (χ3n) is 3.35. The molecule has 2 aromatic rings. The van der Waals surface area contributed by atoms with Crippen molar-refractivity contribution in [3.05, 3.63) is 22.4 Å². The van der Waals surface area contributed by atoms with Crippen LogP contribution < -0.4 is 15.5 Å². The smallest absolute Gasteiger partial charge is 0.231 e. The van der Waals surface area contributed by atoms with E-state index >= 15 is 0 Å². The maximum atomic E-state index is 4.55. The zero-order chi connectivity index (χ0) is 14.5. The molecule has 0 unspecified atom stereocenters. The maximum Gasteiger partial charge on any atom is 0.231 e. The first-order chi connectivity index (χ1) is 10.3. The summed E-state index contributed by atoms with van der Waals surface area (Å²) < 4.78 is 0. The van der Waals surface area contributed by atoms with E-state index in [1.807, 2.05) is 6.92 Å². The molecular formula is C14H20N6S. The van der Waals surface area contributed by atoms with Gasteiger partial charge in [0, 0.05) is 24.5 Å². The lowest BCUT2D eigenvalue weighted by atomic mass is 10.4. The van der Waals surface area contributed by atoms with Gasteiger partial charge in [-0.15, -0.1) is 11.3 Å². The van der Waals surface area contributed by atoms with Gasteiger partial charge in [0.15, 0.2) is 0 Å². The Labute approximate surface area is 128 Å². The Morgan fingerprint density at radius 1 is 1.14 bits per heavy atom. The molecular weight excluding hydrogens is 284 g/mol. The molecule has 7 heteroatoms. The number of nitrogens with one attached hydrogen (secondary N) is 2. The van der Waals surface area contributed by atoms with Gasteiger partial charge >= 0.3 is 0 Å². The molecule has 0 amide bonds. The lowest BCUT2D eigenvalue weighted by Gasteiger charge is -2.17. The summed E-state index contributed by atoms with van der Waals surface area (Å²) >= 11 is 1.73. The average Bonchev–Trinajstić information content (AvgIpc) is 3.19. The largest absolute Gasteiger partial charge is 0.354 e. The molecule has 1 aliphatic rings. The second-order valence-corrected chi connectivity index (χ2v) is 5.97. The van der Waals surface area contributed by atoms with Crippen molar-refractivity contribution in [2.24, 2.45) is 0 Å². The quantitative estimate of drug-likeness (QED) is 0.855. The summed E-state index contributed by atoms with van der Waals surface area (Å²) in [5, 5.41) is 8.54. The SMILES string of the molecule is CCNc1nc(NCc2cccs2)nc(N2CCCC2)n1. The van der Waals surface area contributed by atoms with Gasteiger partial charge in [0.1, 0.15) is 0 Å². The van der Waals surface area contributed by atoms with Crippen LogP contribution in [0.2, 0.25) is 0 Å². The van der Waals surface area contributed by atoms with Gasteiger partial charge in [0.25, 0.3) is 0 Å². The van der Waals surface area contributed by atoms with E-state index in [-0.39, 0.29) is 0 Å². The number of hydrogen-bond donors (Lipinski definition) is 2. The van der Waals surface area contributed by atoms with Crippen LogP contribution in [0.15, 0.2) is 17.5 Å². The van der Waals surface area contributed by atoms with Crippen LogP contribution >= 0.6 is 11.3 Å². The van der Waals surface area contributed by atoms with Crippen LogP contribution in [0.1, 0.15) is 24.6 Å². The molecule has 21 heavy (non-hydrogen) atoms. The fourth-order valence-electron chi connectivity index (χ4n) is 2.32. The van der Waals surface area contributed by atoms with Crippen molar-refractivity contribution in [1.82, 2.24) is 15.0 Å². The molecule has 0 bridgehead atoms. The Morgan fingerprint density at radius 2 is 1.90 bits per heavy atom. The lowest BCUT2D eigenvalue weighted by Crippen LogP contribution is -2.22. The summed E-state index contributed by atoms with van der Waals surface area (Å²) in [6.45, 7) is 5.64. The summed E-state index contributed by atoms with van der Waals surface area (Å²) in [5.41, 5.74) is 0. The Balaban J connectivity index is 1.77. The zero-order valence-electron chi connectivity index (χ0n) is 12.2. The Morgan fingerprint density at radius 3 is 2.57 bits per heavy atom. The molecule has 3 heterocycles. The zero-order valence-corrected chi connectivity index (χ0v) is 13.0. The topological polar surface area (TPSA) is 66.0 Å². The molecule has 0 spiro atoms. The van der Waals surface area contributed by atoms with Crippen molar-refractivity contribution >= 4 is 29.2 Å². The number of thiophene rings is 1. The third-order valence-corrected chi connectivity index (χ3v) is 4.22. The predicted molar refractivity (Wildman–Crippen MR) is 87.1 cm³/mol. The van der Waals surface area contributed by atoms with Gasteiger partial charge < -0.3 is 15.5 Å². The first-order valence-electron chi connectivity index (χ1n) is 7.36. The van der Waals surface area contributed by atoms with Gasteiger partial charge in [0.05, 0.1) is 6.54 Å². The van der Waals surface area contributed by atoms with E-state index in [0.717, 1.165) is 32.1 Å². The molecule has 0 aliphatic carbocycles. The van der Waals surface area contributed by atoms with Crippen LogP contribution in [0.25, 0.3) is 0 Å². The standard InChI is InChI=1S/C14H20N6S/c1-2-15-12-17-13(16-10-11-6-5-9-21-11)19-14(18-12)20-7-3-4-8-20/h5-6,9H,2-4,7-8,10H2,1H3,(H2,15,16,17,18,19). The molecule has 112 valence electrons. The molecule has 1 fully saturated rings. The van der Waals surface area contributed by atoms with E-state index in [4.69, 9.17) is 0 Å². The highest BCUT2D eigenvalue weighted by Crippen LogP contribution is 2.19. The molecule has 0 saturated carbocycles. The van der Waals surface area contributed by atoms with E-state index in [2.05, 4.69) is 48.0 Å². The summed E-state index contributed by atoms with van der Waals surface area (Å²) in [4.78, 5) is 17.0. The van der Waals surface area contributed by atoms with Crippen molar-refractivity contribution in [2.75, 3.05) is 35.2 Å². The van der Waals surface area contributed by atoms with E-state index in [1.54, 1.807) is 11.3 Å². The molecule has 2 N–H and O–H groups in total. The Kier molecular flexibility index (Phi) is 4.49. The van der Waals surface area contributed by atoms with Gasteiger partial charge in [-0.2, -0.15) is 15.0 Å². The van der Waals surface area contributed by atoms with Gasteiger partial charge in [-0.25, -0.2) is 0 Å². The van der Waals surface area contributed by atoms with E-state index < -0.39 is 0 Å². The molecule has 3 rings (SSSR count). The van der Waals surface area contributed by atoms with Crippen molar-refractivity contribution in [1.29, 1.82) is 0 Å². The Bertz CT molecular complexity index is 565. The van der Waals surface area contributed by atoms with Crippen LogP contribution in [0, 0.1) is 0 Å². The second-order valence-electron chi connectivity index (χ2n) is 4.94. The van der Waals surface area contributed by atoms with Gasteiger partial charge in [-0.3, -0.25) is 0 Å². The molecule has 0 aromatic carbocycles. The first kappa shape index (κ1) is 14.1. The van der Waals surface area contributed by atoms with Crippen molar-refractivity contribution in [2.45, 2.75) is 26.3 Å². The fraction of sp³-hybridized carbons (Fsp3) is 0.500. The summed E-state index contributed by atoms with van der Waals surface area (Å²) in [7, 11) is 0. The molecule has 6 nitrogen and oxygen atoms in total. The van der Waals surface area contributed by atoms with Crippen molar-refractivity contribution in [3.8, 4) is 0 Å². The average molecular weight is 304 g/mol. The number of anilines is 3. The van der Waals surface area contributed by atoms with Crippen LogP contribution in [0.5, 0.6) is 0 Å². The minimum atomic E-state index is 0.635. The van der Waals surface area contributed by atoms with E-state index in [9.17, 15) is 0 Å². The highest BCUT2D eigenvalue weighted by Gasteiger charge is 2.17. The number of rotatable bonds is 6. The summed E-state index contributed by atoms with van der Waals surface area (Å²) in [6.07, 6.45) is 2.42. The Hall–Kier alpha value is -1.89. The maximum absolute atomic E-state index is 4.55. The molecule has 1 aliphatic heterocycles. The number of hydrogen-bond acceptors (Lipinski definition) is 7. The minimum absolute atomic E-state index is 0.635. The van der Waals surface area contributed by atoms with Gasteiger partial charge in [-0.1, -0.05) is 6.07 Å². The molecule has 2 aromatic heterocycles. The predicted octanol–water partition coefficient (Wildman–Crippen LogP) is 2.58. The summed E-state index contributed by atoms with van der Waals surface area (Å²) in [6, 6.07) is 4.15. The van der Waals surface area contributed by atoms with Crippen molar-refractivity contribution < 1.29 is 0 Å². The van der Waals surface area contributed by atoms with Crippen LogP contribution in [0.4, 0.5) is 17.8 Å². The van der Waals surface area contributed by atoms with Gasteiger partial charge in [0.2, 0.25) is 17.8 Å².